The van der Waals surface area contributed by atoms with Crippen LogP contribution in [0.3, 0.4) is 0 Å². The lowest BCUT2D eigenvalue weighted by Crippen LogP contribution is -2.04. The summed E-state index contributed by atoms with van der Waals surface area (Å²) in [5.74, 6) is 0.141. The second-order valence-electron chi connectivity index (χ2n) is 4.29. The first-order valence-corrected chi connectivity index (χ1v) is 6.17. The highest BCUT2D eigenvalue weighted by molar-refractivity contribution is 6.35. The van der Waals surface area contributed by atoms with Gasteiger partial charge in [0.2, 0.25) is 5.95 Å². The number of aromatic nitrogens is 2. The molecule has 3 rings (SSSR count). The van der Waals surface area contributed by atoms with Gasteiger partial charge >= 0.3 is 0 Å². The van der Waals surface area contributed by atoms with Crippen LogP contribution in [0, 0.1) is 5.82 Å². The molecule has 1 heterocycles. The fraction of sp³-hybridized carbons (Fsp3) is 0.0714. The molecule has 0 aliphatic heterocycles. The van der Waals surface area contributed by atoms with Crippen molar-refractivity contribution in [3.63, 3.8) is 0 Å². The second-order valence-corrected chi connectivity index (χ2v) is 4.70. The zero-order valence-electron chi connectivity index (χ0n) is 9.98. The van der Waals surface area contributed by atoms with E-state index in [1.807, 2.05) is 16.7 Å². The highest BCUT2D eigenvalue weighted by Crippen LogP contribution is 2.25. The summed E-state index contributed by atoms with van der Waals surface area (Å²) in [6.07, 6.45) is 0. The van der Waals surface area contributed by atoms with Gasteiger partial charge in [0.25, 0.3) is 0 Å². The summed E-state index contributed by atoms with van der Waals surface area (Å²) in [4.78, 5) is 4.26. The first-order valence-electron chi connectivity index (χ1n) is 5.80. The number of hydrogen-bond acceptors (Lipinski definition) is 2. The van der Waals surface area contributed by atoms with Crippen LogP contribution in [0.2, 0.25) is 5.02 Å². The summed E-state index contributed by atoms with van der Waals surface area (Å²) >= 11 is 6.09. The lowest BCUT2D eigenvalue weighted by Gasteiger charge is -2.06. The lowest BCUT2D eigenvalue weighted by molar-refractivity contribution is 0.626. The number of rotatable bonds is 2. The molecule has 0 radical (unpaired) electrons. The smallest absolute Gasteiger partial charge is 0.201 e. The van der Waals surface area contributed by atoms with Crippen molar-refractivity contribution >= 4 is 28.6 Å². The van der Waals surface area contributed by atoms with E-state index in [-0.39, 0.29) is 5.82 Å². The molecule has 0 fully saturated rings. The highest BCUT2D eigenvalue weighted by Gasteiger charge is 2.10. The SMILES string of the molecule is Nc1nc2c(Cl)cccc2n1Cc1ccc(F)cc1. The van der Waals surface area contributed by atoms with E-state index >= 15 is 0 Å². The minimum absolute atomic E-state index is 0.254. The summed E-state index contributed by atoms with van der Waals surface area (Å²) in [5, 5.41) is 0.571. The molecular formula is C14H11ClFN3. The van der Waals surface area contributed by atoms with Gasteiger partial charge in [-0.05, 0) is 29.8 Å². The predicted octanol–water partition coefficient (Wildman–Crippen LogP) is 3.46. The predicted molar refractivity (Wildman–Crippen MR) is 74.7 cm³/mol. The molecule has 0 aliphatic carbocycles. The van der Waals surface area contributed by atoms with Crippen LogP contribution in [0.25, 0.3) is 11.0 Å². The lowest BCUT2D eigenvalue weighted by atomic mass is 10.2. The van der Waals surface area contributed by atoms with Crippen LogP contribution in [-0.4, -0.2) is 9.55 Å². The molecule has 0 amide bonds. The number of hydrogen-bond donors (Lipinski definition) is 1. The molecule has 2 aromatic carbocycles. The number of nitrogens with zero attached hydrogens (tertiary/aromatic N) is 2. The molecule has 0 aliphatic rings. The maximum Gasteiger partial charge on any atom is 0.201 e. The number of imidazole rings is 1. The molecule has 0 unspecified atom stereocenters. The van der Waals surface area contributed by atoms with E-state index in [4.69, 9.17) is 17.3 Å². The number of anilines is 1. The molecule has 0 atom stereocenters. The van der Waals surface area contributed by atoms with Crippen LogP contribution in [-0.2, 0) is 6.54 Å². The summed E-state index contributed by atoms with van der Waals surface area (Å²) in [7, 11) is 0. The molecule has 5 heteroatoms. The maximum atomic E-state index is 12.9. The molecule has 19 heavy (non-hydrogen) atoms. The molecule has 1 aromatic heterocycles. The van der Waals surface area contributed by atoms with Crippen molar-refractivity contribution in [3.8, 4) is 0 Å². The normalized spacial score (nSPS) is 11.1. The Balaban J connectivity index is 2.07. The fourth-order valence-corrected chi connectivity index (χ4v) is 2.28. The average Bonchev–Trinajstić information content (AvgIpc) is 2.71. The standard InChI is InChI=1S/C14H11ClFN3/c15-11-2-1-3-12-13(11)18-14(17)19(12)8-9-4-6-10(16)7-5-9/h1-7H,8H2,(H2,17,18). The van der Waals surface area contributed by atoms with Gasteiger partial charge in [-0.15, -0.1) is 0 Å². The molecular weight excluding hydrogens is 265 g/mol. The number of fused-ring (bicyclic) bond motifs is 1. The summed E-state index contributed by atoms with van der Waals surface area (Å²) in [6.45, 7) is 0.531. The first-order chi connectivity index (χ1) is 9.15. The number of para-hydroxylation sites is 1. The Morgan fingerprint density at radius 3 is 2.63 bits per heavy atom. The Morgan fingerprint density at radius 2 is 1.89 bits per heavy atom. The monoisotopic (exact) mass is 275 g/mol. The molecule has 96 valence electrons. The quantitative estimate of drug-likeness (QED) is 0.778. The molecule has 2 N–H and O–H groups in total. The Morgan fingerprint density at radius 1 is 1.16 bits per heavy atom. The number of halogens is 2. The van der Waals surface area contributed by atoms with Crippen molar-refractivity contribution in [3.05, 3.63) is 58.9 Å². The van der Waals surface area contributed by atoms with E-state index in [0.29, 0.717) is 23.0 Å². The fourth-order valence-electron chi connectivity index (χ4n) is 2.07. The van der Waals surface area contributed by atoms with Gasteiger partial charge in [0, 0.05) is 0 Å². The topological polar surface area (TPSA) is 43.8 Å². The molecule has 3 nitrogen and oxygen atoms in total. The summed E-state index contributed by atoms with van der Waals surface area (Å²) in [6, 6.07) is 11.9. The molecule has 0 bridgehead atoms. The van der Waals surface area contributed by atoms with Crippen molar-refractivity contribution in [2.75, 3.05) is 5.73 Å². The minimum Gasteiger partial charge on any atom is -0.369 e. The van der Waals surface area contributed by atoms with Crippen molar-refractivity contribution in [1.29, 1.82) is 0 Å². The highest BCUT2D eigenvalue weighted by atomic mass is 35.5. The van der Waals surface area contributed by atoms with Crippen LogP contribution >= 0.6 is 11.6 Å². The molecule has 0 saturated heterocycles. The van der Waals surface area contributed by atoms with Crippen LogP contribution < -0.4 is 5.73 Å². The molecule has 0 spiro atoms. The average molecular weight is 276 g/mol. The van der Waals surface area contributed by atoms with Crippen molar-refractivity contribution in [1.82, 2.24) is 9.55 Å². The largest absolute Gasteiger partial charge is 0.369 e. The zero-order valence-corrected chi connectivity index (χ0v) is 10.7. The van der Waals surface area contributed by atoms with Gasteiger partial charge in [-0.3, -0.25) is 0 Å². The van der Waals surface area contributed by atoms with E-state index in [9.17, 15) is 4.39 Å². The number of nitrogens with two attached hydrogens (primary N) is 1. The van der Waals surface area contributed by atoms with Gasteiger partial charge in [-0.1, -0.05) is 29.8 Å². The van der Waals surface area contributed by atoms with E-state index < -0.39 is 0 Å². The zero-order chi connectivity index (χ0) is 13.4. The Hall–Kier alpha value is -2.07. The maximum absolute atomic E-state index is 12.9. The van der Waals surface area contributed by atoms with Crippen LogP contribution in [0.4, 0.5) is 10.3 Å². The third-order valence-electron chi connectivity index (χ3n) is 3.01. The van der Waals surface area contributed by atoms with Gasteiger partial charge in [-0.25, -0.2) is 9.37 Å². The second kappa shape index (κ2) is 4.55. The Labute approximate surface area is 114 Å². The van der Waals surface area contributed by atoms with Crippen LogP contribution in [0.15, 0.2) is 42.5 Å². The van der Waals surface area contributed by atoms with Gasteiger partial charge in [-0.2, -0.15) is 0 Å². The third kappa shape index (κ3) is 2.15. The van der Waals surface area contributed by atoms with E-state index in [1.54, 1.807) is 18.2 Å². The van der Waals surface area contributed by atoms with E-state index in [1.165, 1.54) is 12.1 Å². The van der Waals surface area contributed by atoms with Crippen molar-refractivity contribution in [2.24, 2.45) is 0 Å². The van der Waals surface area contributed by atoms with E-state index in [0.717, 1.165) is 11.1 Å². The molecule has 0 saturated carbocycles. The van der Waals surface area contributed by atoms with Gasteiger partial charge in [0.15, 0.2) is 0 Å². The first kappa shape index (κ1) is 12.0. The van der Waals surface area contributed by atoms with Gasteiger partial charge in [0.1, 0.15) is 11.3 Å². The Bertz CT molecular complexity index is 734. The molecule has 3 aromatic rings. The summed E-state index contributed by atoms with van der Waals surface area (Å²) in [5.41, 5.74) is 8.42. The van der Waals surface area contributed by atoms with Crippen molar-refractivity contribution in [2.45, 2.75) is 6.54 Å². The van der Waals surface area contributed by atoms with E-state index in [2.05, 4.69) is 4.98 Å². The van der Waals surface area contributed by atoms with Gasteiger partial charge < -0.3 is 10.3 Å². The number of benzene rings is 2. The van der Waals surface area contributed by atoms with Gasteiger partial charge in [0.05, 0.1) is 17.1 Å². The summed E-state index contributed by atoms with van der Waals surface area (Å²) < 4.78 is 14.7. The van der Waals surface area contributed by atoms with Crippen molar-refractivity contribution < 1.29 is 4.39 Å². The minimum atomic E-state index is -0.254. The third-order valence-corrected chi connectivity index (χ3v) is 3.32. The van der Waals surface area contributed by atoms with Crippen LogP contribution in [0.5, 0.6) is 0 Å². The number of nitrogen functional groups attached to an aromatic ring is 1. The Kier molecular flexibility index (Phi) is 2.87. The van der Waals surface area contributed by atoms with Crippen LogP contribution in [0.1, 0.15) is 5.56 Å².